The van der Waals surface area contributed by atoms with Crippen LogP contribution in [0.2, 0.25) is 0 Å². The van der Waals surface area contributed by atoms with E-state index < -0.39 is 0 Å². The van der Waals surface area contributed by atoms with Crippen molar-refractivity contribution in [3.05, 3.63) is 20.8 Å². The number of thioether (sulfide) groups is 1. The second-order valence-electron chi connectivity index (χ2n) is 4.17. The smallest absolute Gasteiger partial charge is 0.263 e. The molecule has 6 heteroatoms. The molecule has 1 aliphatic rings. The summed E-state index contributed by atoms with van der Waals surface area (Å²) in [4.78, 5) is 19.2. The first-order valence-corrected chi connectivity index (χ1v) is 8.57. The monoisotopic (exact) mass is 378 g/mol. The van der Waals surface area contributed by atoms with Crippen molar-refractivity contribution in [3.63, 3.8) is 0 Å². The van der Waals surface area contributed by atoms with Crippen molar-refractivity contribution in [2.75, 3.05) is 4.43 Å². The molecule has 3 rings (SSSR count). The van der Waals surface area contributed by atoms with Crippen molar-refractivity contribution >= 4 is 55.9 Å². The van der Waals surface area contributed by atoms with E-state index in [1.165, 1.54) is 4.88 Å². The molecule has 0 N–H and O–H groups in total. The van der Waals surface area contributed by atoms with Gasteiger partial charge in [-0.15, -0.1) is 11.3 Å². The van der Waals surface area contributed by atoms with E-state index >= 15 is 0 Å². The van der Waals surface area contributed by atoms with E-state index in [1.54, 1.807) is 23.1 Å². The van der Waals surface area contributed by atoms with Crippen LogP contribution in [0.4, 0.5) is 0 Å². The van der Waals surface area contributed by atoms with Crippen LogP contribution < -0.4 is 5.56 Å². The lowest BCUT2D eigenvalue weighted by Gasteiger charge is -2.01. The molecule has 2 aromatic rings. The number of nitrogens with zero attached hydrogens (tertiary/aromatic N) is 2. The van der Waals surface area contributed by atoms with Crippen LogP contribution in [0, 0.1) is 13.8 Å². The molecule has 3 nitrogen and oxygen atoms in total. The van der Waals surface area contributed by atoms with Crippen molar-refractivity contribution in [3.8, 4) is 0 Å². The standard InChI is InChI=1S/C11H11IN2OS2/c1-5-6(2)16-9-8(5)10(15)14-4-7(3-12)17-11(14)13-9/h7H,3-4H2,1-2H3/t7-/m1/s1. The van der Waals surface area contributed by atoms with Crippen LogP contribution in [-0.4, -0.2) is 19.2 Å². The molecule has 90 valence electrons. The lowest BCUT2D eigenvalue weighted by molar-refractivity contribution is 0.634. The third kappa shape index (κ3) is 1.76. The van der Waals surface area contributed by atoms with Crippen LogP contribution in [-0.2, 0) is 6.54 Å². The number of rotatable bonds is 1. The van der Waals surface area contributed by atoms with Gasteiger partial charge in [0.2, 0.25) is 0 Å². The van der Waals surface area contributed by atoms with Gasteiger partial charge in [-0.1, -0.05) is 34.4 Å². The summed E-state index contributed by atoms with van der Waals surface area (Å²) in [6.07, 6.45) is 0. The summed E-state index contributed by atoms with van der Waals surface area (Å²) in [6, 6.07) is 0. The van der Waals surface area contributed by atoms with Gasteiger partial charge in [0.15, 0.2) is 5.16 Å². The van der Waals surface area contributed by atoms with Crippen LogP contribution in [0.5, 0.6) is 0 Å². The van der Waals surface area contributed by atoms with Crippen molar-refractivity contribution in [1.82, 2.24) is 9.55 Å². The molecule has 0 radical (unpaired) electrons. The number of aryl methyl sites for hydroxylation is 2. The Labute approximate surface area is 121 Å². The van der Waals surface area contributed by atoms with E-state index in [0.29, 0.717) is 5.25 Å². The third-order valence-electron chi connectivity index (χ3n) is 3.08. The highest BCUT2D eigenvalue weighted by Crippen LogP contribution is 2.34. The van der Waals surface area contributed by atoms with Gasteiger partial charge in [0.25, 0.3) is 5.56 Å². The Kier molecular flexibility index (Phi) is 2.99. The highest BCUT2D eigenvalue weighted by Gasteiger charge is 2.26. The molecular formula is C11H11IN2OS2. The van der Waals surface area contributed by atoms with Crippen molar-refractivity contribution < 1.29 is 0 Å². The van der Waals surface area contributed by atoms with Crippen molar-refractivity contribution in [1.29, 1.82) is 0 Å². The average Bonchev–Trinajstić information content (AvgIpc) is 2.82. The molecule has 0 fully saturated rings. The first-order chi connectivity index (χ1) is 8.11. The molecule has 0 aliphatic carbocycles. The molecule has 0 saturated carbocycles. The summed E-state index contributed by atoms with van der Waals surface area (Å²) in [5, 5.41) is 2.21. The van der Waals surface area contributed by atoms with Gasteiger partial charge < -0.3 is 0 Å². The van der Waals surface area contributed by atoms with Gasteiger partial charge in [0, 0.05) is 21.1 Å². The minimum Gasteiger partial charge on any atom is -0.286 e. The van der Waals surface area contributed by atoms with Gasteiger partial charge in [-0.3, -0.25) is 9.36 Å². The number of halogens is 1. The number of fused-ring (bicyclic) bond motifs is 2. The normalized spacial score (nSPS) is 18.9. The Balaban J connectivity index is 2.31. The SMILES string of the molecule is Cc1sc2nc3n(c(=O)c2c1C)C[C@@H](CI)S3. The van der Waals surface area contributed by atoms with Gasteiger partial charge in [-0.25, -0.2) is 4.98 Å². The topological polar surface area (TPSA) is 34.9 Å². The van der Waals surface area contributed by atoms with Gasteiger partial charge in [0.1, 0.15) is 4.83 Å². The van der Waals surface area contributed by atoms with Gasteiger partial charge in [-0.2, -0.15) is 0 Å². The highest BCUT2D eigenvalue weighted by molar-refractivity contribution is 14.1. The Morgan fingerprint density at radius 1 is 1.53 bits per heavy atom. The van der Waals surface area contributed by atoms with Crippen LogP contribution in [0.15, 0.2) is 9.95 Å². The second kappa shape index (κ2) is 4.24. The fourth-order valence-electron chi connectivity index (χ4n) is 2.03. The molecule has 0 aromatic carbocycles. The summed E-state index contributed by atoms with van der Waals surface area (Å²) in [5.74, 6) is 0. The predicted octanol–water partition coefficient (Wildman–Crippen LogP) is 2.98. The Hall–Kier alpha value is -0.0800. The number of aromatic nitrogens is 2. The Morgan fingerprint density at radius 3 is 3.00 bits per heavy atom. The highest BCUT2D eigenvalue weighted by atomic mass is 127. The van der Waals surface area contributed by atoms with Gasteiger partial charge in [0.05, 0.1) is 5.39 Å². The maximum atomic E-state index is 12.4. The van der Waals surface area contributed by atoms with Gasteiger partial charge >= 0.3 is 0 Å². The summed E-state index contributed by atoms with van der Waals surface area (Å²) >= 11 is 5.73. The van der Waals surface area contributed by atoms with Crippen molar-refractivity contribution in [2.45, 2.75) is 30.8 Å². The quantitative estimate of drug-likeness (QED) is 0.435. The summed E-state index contributed by atoms with van der Waals surface area (Å²) in [6.45, 7) is 4.87. The molecular weight excluding hydrogens is 367 g/mol. The van der Waals surface area contributed by atoms with Crippen molar-refractivity contribution in [2.24, 2.45) is 0 Å². The Bertz CT molecular complexity index is 662. The summed E-state index contributed by atoms with van der Waals surface area (Å²) in [7, 11) is 0. The minimum absolute atomic E-state index is 0.145. The average molecular weight is 378 g/mol. The molecule has 1 aliphatic heterocycles. The fraction of sp³-hybridized carbons (Fsp3) is 0.455. The lowest BCUT2D eigenvalue weighted by atomic mass is 10.2. The molecule has 0 bridgehead atoms. The number of alkyl halides is 1. The molecule has 0 amide bonds. The molecule has 0 saturated heterocycles. The molecule has 17 heavy (non-hydrogen) atoms. The lowest BCUT2D eigenvalue weighted by Crippen LogP contribution is -2.22. The number of thiophene rings is 1. The maximum Gasteiger partial charge on any atom is 0.263 e. The van der Waals surface area contributed by atoms with Crippen LogP contribution in [0.3, 0.4) is 0 Å². The van der Waals surface area contributed by atoms with E-state index in [-0.39, 0.29) is 5.56 Å². The third-order valence-corrected chi connectivity index (χ3v) is 7.02. The largest absolute Gasteiger partial charge is 0.286 e. The molecule has 1 atom stereocenters. The first-order valence-electron chi connectivity index (χ1n) is 5.35. The number of hydrogen-bond donors (Lipinski definition) is 0. The van der Waals surface area contributed by atoms with E-state index in [4.69, 9.17) is 0 Å². The molecule has 0 spiro atoms. The van der Waals surface area contributed by atoms with E-state index in [9.17, 15) is 4.79 Å². The molecule has 2 aromatic heterocycles. The van der Waals surface area contributed by atoms with Gasteiger partial charge in [-0.05, 0) is 19.4 Å². The second-order valence-corrected chi connectivity index (χ2v) is 7.52. The molecule has 3 heterocycles. The van der Waals surface area contributed by atoms with Crippen LogP contribution in [0.1, 0.15) is 10.4 Å². The van der Waals surface area contributed by atoms with Crippen LogP contribution >= 0.6 is 45.7 Å². The van der Waals surface area contributed by atoms with Crippen LogP contribution in [0.25, 0.3) is 10.2 Å². The number of hydrogen-bond acceptors (Lipinski definition) is 4. The minimum atomic E-state index is 0.145. The molecule has 0 unspecified atom stereocenters. The maximum absolute atomic E-state index is 12.4. The zero-order valence-corrected chi connectivity index (χ0v) is 13.3. The predicted molar refractivity (Wildman–Crippen MR) is 81.9 cm³/mol. The van der Waals surface area contributed by atoms with E-state index in [1.807, 2.05) is 11.5 Å². The van der Waals surface area contributed by atoms with E-state index in [2.05, 4.69) is 34.5 Å². The fourth-order valence-corrected chi connectivity index (χ4v) is 4.94. The van der Waals surface area contributed by atoms with E-state index in [0.717, 1.165) is 31.9 Å². The Morgan fingerprint density at radius 2 is 2.29 bits per heavy atom. The first kappa shape index (κ1) is 12.0. The zero-order valence-electron chi connectivity index (χ0n) is 9.49. The summed E-state index contributed by atoms with van der Waals surface area (Å²) < 4.78 is 2.90. The summed E-state index contributed by atoms with van der Waals surface area (Å²) in [5.41, 5.74) is 1.24. The zero-order chi connectivity index (χ0) is 12.2.